The molecule has 296 valence electrons. The number of rotatable bonds is 8. The first-order valence-corrected chi connectivity index (χ1v) is 28.1. The van der Waals surface area contributed by atoms with Crippen molar-refractivity contribution in [2.24, 2.45) is 5.92 Å². The number of nitrogens with zero attached hydrogens (tertiary/aromatic N) is 2. The van der Waals surface area contributed by atoms with Gasteiger partial charge in [0.25, 0.3) is 0 Å². The molecule has 4 aliphatic rings. The van der Waals surface area contributed by atoms with Gasteiger partial charge in [-0.3, -0.25) is 0 Å². The first-order valence-electron chi connectivity index (χ1n) is 21.1. The zero-order valence-electron chi connectivity index (χ0n) is 35.4. The summed E-state index contributed by atoms with van der Waals surface area (Å²) >= 11 is 0. The Labute approximate surface area is 352 Å². The van der Waals surface area contributed by atoms with E-state index in [2.05, 4.69) is 220 Å². The SMILES string of the molecule is CC1/C2=C\C=C3/C/C(=C\C=C/1c1ccc(N(c4ccccc4)c4ccc([Si](C)(C)C)cc4)cc1O2)Oc1cc(N(c2ccc([Si](C)(C)C)cc2)C2C=CC=CC2)ccc13. The van der Waals surface area contributed by atoms with E-state index in [9.17, 15) is 0 Å². The molecule has 0 spiro atoms. The van der Waals surface area contributed by atoms with Gasteiger partial charge in [-0.15, -0.1) is 0 Å². The van der Waals surface area contributed by atoms with Gasteiger partial charge in [0.1, 0.15) is 23.0 Å². The first kappa shape index (κ1) is 38.7. The number of hydrogen-bond acceptors (Lipinski definition) is 4. The minimum atomic E-state index is -1.44. The van der Waals surface area contributed by atoms with Crippen molar-refractivity contribution in [1.29, 1.82) is 0 Å². The van der Waals surface area contributed by atoms with Gasteiger partial charge < -0.3 is 19.3 Å². The van der Waals surface area contributed by atoms with E-state index in [0.717, 1.165) is 63.3 Å². The highest BCUT2D eigenvalue weighted by atomic mass is 28.3. The van der Waals surface area contributed by atoms with Crippen LogP contribution in [0.15, 0.2) is 175 Å². The summed E-state index contributed by atoms with van der Waals surface area (Å²) in [7, 11) is -2.87. The maximum absolute atomic E-state index is 6.88. The summed E-state index contributed by atoms with van der Waals surface area (Å²) in [5, 5.41) is 2.91. The molecule has 4 nitrogen and oxygen atoms in total. The van der Waals surface area contributed by atoms with Crippen LogP contribution in [0, 0.1) is 5.92 Å². The third kappa shape index (κ3) is 7.75. The number of para-hydroxylation sites is 1. The highest BCUT2D eigenvalue weighted by molar-refractivity contribution is 6.89. The minimum Gasteiger partial charge on any atom is -0.461 e. The fourth-order valence-electron chi connectivity index (χ4n) is 8.61. The van der Waals surface area contributed by atoms with Crippen molar-refractivity contribution in [3.8, 4) is 11.5 Å². The van der Waals surface area contributed by atoms with E-state index >= 15 is 0 Å². The van der Waals surface area contributed by atoms with Crippen molar-refractivity contribution in [2.75, 3.05) is 9.80 Å². The molecular weight excluding hydrogens is 753 g/mol. The van der Waals surface area contributed by atoms with Crippen molar-refractivity contribution >= 4 is 66.1 Å². The number of benzene rings is 5. The molecule has 5 aromatic carbocycles. The predicted octanol–water partition coefficient (Wildman–Crippen LogP) is 13.3. The van der Waals surface area contributed by atoms with Crippen LogP contribution in [-0.4, -0.2) is 22.2 Å². The lowest BCUT2D eigenvalue weighted by Crippen LogP contribution is -2.37. The van der Waals surface area contributed by atoms with E-state index in [0.29, 0.717) is 6.42 Å². The smallest absolute Gasteiger partial charge is 0.136 e. The zero-order chi connectivity index (χ0) is 40.9. The van der Waals surface area contributed by atoms with E-state index in [1.165, 1.54) is 27.2 Å². The van der Waals surface area contributed by atoms with Gasteiger partial charge in [0, 0.05) is 64.0 Å². The van der Waals surface area contributed by atoms with E-state index in [1.54, 1.807) is 0 Å². The normalized spacial score (nSPS) is 21.7. The van der Waals surface area contributed by atoms with Gasteiger partial charge in [0.15, 0.2) is 0 Å². The largest absolute Gasteiger partial charge is 0.461 e. The molecule has 2 heterocycles. The molecule has 6 heteroatoms. The second-order valence-corrected chi connectivity index (χ2v) is 28.4. The summed E-state index contributed by atoms with van der Waals surface area (Å²) in [6, 6.07) is 42.6. The summed E-state index contributed by atoms with van der Waals surface area (Å²) in [5.41, 5.74) is 10.2. The molecule has 0 saturated heterocycles. The summed E-state index contributed by atoms with van der Waals surface area (Å²) in [6.07, 6.45) is 19.4. The number of allylic oxidation sites excluding steroid dienone is 8. The van der Waals surface area contributed by atoms with Crippen molar-refractivity contribution in [2.45, 2.75) is 65.1 Å². The number of hydrogen-bond donors (Lipinski definition) is 0. The van der Waals surface area contributed by atoms with Crippen LogP contribution in [0.3, 0.4) is 0 Å². The minimum absolute atomic E-state index is 0.0700. The van der Waals surface area contributed by atoms with Crippen LogP contribution in [0.4, 0.5) is 28.4 Å². The second-order valence-electron chi connectivity index (χ2n) is 18.2. The quantitative estimate of drug-likeness (QED) is 0.146. The lowest BCUT2D eigenvalue weighted by atomic mass is 9.87. The Balaban J connectivity index is 1.07. The van der Waals surface area contributed by atoms with Crippen LogP contribution >= 0.6 is 0 Å². The summed E-state index contributed by atoms with van der Waals surface area (Å²) in [5.74, 6) is 3.68. The molecule has 2 aliphatic heterocycles. The standard InChI is InChI=1S/C53H54N2O2Si2/c1-37-48-32-25-45-34-38(49-30-23-43(35-52(49)56-45)54(39-14-10-8-11-15-39)41-19-26-46(27-20-41)58(2,3)4)18-33-51(37)57-53-36-44(24-31-50(48)53)55(40-16-12-9-13-17-40)42-21-28-47(29-22-42)59(5,6)7/h8-14,16-33,35-37,39H,15,34H2,1-7H3/b38-18+,45-25+,48-32+,51-33+. The van der Waals surface area contributed by atoms with E-state index < -0.39 is 16.1 Å². The average molecular weight is 807 g/mol. The Morgan fingerprint density at radius 3 is 1.85 bits per heavy atom. The van der Waals surface area contributed by atoms with Gasteiger partial charge in [0.2, 0.25) is 0 Å². The fraction of sp³-hybridized carbons (Fsp3) is 0.208. The lowest BCUT2D eigenvalue weighted by molar-refractivity contribution is 0.371. The van der Waals surface area contributed by atoms with Crippen LogP contribution in [0.1, 0.15) is 30.9 Å². The Hall–Kier alpha value is -5.83. The molecule has 0 N–H and O–H groups in total. The Morgan fingerprint density at radius 1 is 0.559 bits per heavy atom. The lowest BCUT2D eigenvalue weighted by Gasteiger charge is -2.34. The summed E-state index contributed by atoms with van der Waals surface area (Å²) in [4.78, 5) is 4.78. The van der Waals surface area contributed by atoms with Crippen molar-refractivity contribution < 1.29 is 9.47 Å². The summed E-state index contributed by atoms with van der Waals surface area (Å²) in [6.45, 7) is 16.6. The molecule has 2 unspecified atom stereocenters. The van der Waals surface area contributed by atoms with Crippen molar-refractivity contribution in [3.63, 3.8) is 0 Å². The fourth-order valence-corrected chi connectivity index (χ4v) is 10.9. The Morgan fingerprint density at radius 2 is 1.17 bits per heavy atom. The van der Waals surface area contributed by atoms with Crippen LogP contribution in [0.25, 0.3) is 11.1 Å². The molecule has 9 rings (SSSR count). The van der Waals surface area contributed by atoms with Crippen molar-refractivity contribution in [3.05, 3.63) is 187 Å². The zero-order valence-corrected chi connectivity index (χ0v) is 37.4. The van der Waals surface area contributed by atoms with Gasteiger partial charge in [0.05, 0.1) is 22.2 Å². The maximum atomic E-state index is 6.88. The molecule has 2 aliphatic carbocycles. The monoisotopic (exact) mass is 806 g/mol. The maximum Gasteiger partial charge on any atom is 0.136 e. The highest BCUT2D eigenvalue weighted by Gasteiger charge is 2.30. The molecule has 0 aromatic heterocycles. The summed E-state index contributed by atoms with van der Waals surface area (Å²) < 4.78 is 13.7. The number of ether oxygens (including phenoxy) is 2. The van der Waals surface area contributed by atoms with Gasteiger partial charge in [-0.2, -0.15) is 0 Å². The third-order valence-corrected chi connectivity index (χ3v) is 16.2. The van der Waals surface area contributed by atoms with E-state index in [1.807, 2.05) is 0 Å². The first-order chi connectivity index (χ1) is 28.4. The Bertz CT molecular complexity index is 2580. The molecule has 4 bridgehead atoms. The van der Waals surface area contributed by atoms with Crippen LogP contribution in [-0.2, 0) is 0 Å². The Kier molecular flexibility index (Phi) is 10.1. The highest BCUT2D eigenvalue weighted by Crippen LogP contribution is 2.47. The topological polar surface area (TPSA) is 24.9 Å². The van der Waals surface area contributed by atoms with Crippen molar-refractivity contribution in [1.82, 2.24) is 0 Å². The molecule has 5 aromatic rings. The van der Waals surface area contributed by atoms with E-state index in [4.69, 9.17) is 9.47 Å². The van der Waals surface area contributed by atoms with Crippen LogP contribution < -0.4 is 29.6 Å². The second kappa shape index (κ2) is 15.4. The molecular formula is C53H54N2O2Si2. The molecule has 0 radical (unpaired) electrons. The molecule has 0 fully saturated rings. The van der Waals surface area contributed by atoms with Gasteiger partial charge in [-0.05, 0) is 90.4 Å². The van der Waals surface area contributed by atoms with Gasteiger partial charge in [-0.1, -0.05) is 135 Å². The molecule has 2 atom stereocenters. The molecule has 0 amide bonds. The third-order valence-electron chi connectivity index (χ3n) is 12.1. The number of anilines is 5. The number of fused-ring (bicyclic) bond motifs is 8. The van der Waals surface area contributed by atoms with Crippen LogP contribution in [0.5, 0.6) is 11.5 Å². The molecule has 0 saturated carbocycles. The van der Waals surface area contributed by atoms with Gasteiger partial charge in [-0.25, -0.2) is 0 Å². The van der Waals surface area contributed by atoms with Crippen LogP contribution in [0.2, 0.25) is 39.3 Å². The van der Waals surface area contributed by atoms with Gasteiger partial charge >= 0.3 is 0 Å². The van der Waals surface area contributed by atoms with E-state index in [-0.39, 0.29) is 12.0 Å². The predicted molar refractivity (Wildman–Crippen MR) is 256 cm³/mol. The average Bonchev–Trinajstić information content (AvgIpc) is 3.23. The molecule has 59 heavy (non-hydrogen) atoms.